The summed E-state index contributed by atoms with van der Waals surface area (Å²) in [6.07, 6.45) is 2.35. The summed E-state index contributed by atoms with van der Waals surface area (Å²) in [6.45, 7) is 4.67. The van der Waals surface area contributed by atoms with E-state index in [9.17, 15) is 18.8 Å². The molecule has 0 atom stereocenters. The Bertz CT molecular complexity index is 814. The van der Waals surface area contributed by atoms with Gasteiger partial charge in [0.2, 0.25) is 5.91 Å². The van der Waals surface area contributed by atoms with Gasteiger partial charge in [0, 0.05) is 45.7 Å². The summed E-state index contributed by atoms with van der Waals surface area (Å²) in [7, 11) is 0. The second kappa shape index (κ2) is 7.74. The van der Waals surface area contributed by atoms with Crippen LogP contribution in [0.2, 0.25) is 0 Å². The summed E-state index contributed by atoms with van der Waals surface area (Å²) in [4.78, 5) is 42.7. The second-order valence-electron chi connectivity index (χ2n) is 8.33. The number of benzene rings is 1. The van der Waals surface area contributed by atoms with Crippen LogP contribution in [0.15, 0.2) is 24.3 Å². The van der Waals surface area contributed by atoms with E-state index in [2.05, 4.69) is 10.2 Å². The van der Waals surface area contributed by atoms with Crippen molar-refractivity contribution in [2.45, 2.75) is 50.7 Å². The molecule has 4 amide bonds. The number of nitrogens with zero attached hydrogens (tertiary/aromatic N) is 3. The predicted octanol–water partition coefficient (Wildman–Crippen LogP) is 1.72. The molecule has 156 valence electrons. The number of hydrogen-bond donors (Lipinski definition) is 1. The highest BCUT2D eigenvalue weighted by molar-refractivity contribution is 6.07. The minimum Gasteiger partial charge on any atom is -0.343 e. The van der Waals surface area contributed by atoms with Gasteiger partial charge in [-0.25, -0.2) is 9.18 Å². The van der Waals surface area contributed by atoms with E-state index >= 15 is 0 Å². The molecule has 1 spiro atoms. The highest BCUT2D eigenvalue weighted by Crippen LogP contribution is 2.32. The summed E-state index contributed by atoms with van der Waals surface area (Å²) in [5.74, 6) is -0.383. The summed E-state index contributed by atoms with van der Waals surface area (Å²) in [6, 6.07) is 6.17. The number of halogens is 1. The van der Waals surface area contributed by atoms with Gasteiger partial charge in [0.25, 0.3) is 5.91 Å². The Balaban J connectivity index is 1.36. The van der Waals surface area contributed by atoms with Crippen molar-refractivity contribution in [3.63, 3.8) is 0 Å². The normalized spacial score (nSPS) is 23.0. The molecule has 1 aromatic carbocycles. The summed E-state index contributed by atoms with van der Waals surface area (Å²) >= 11 is 0. The number of nitrogens with one attached hydrogen (secondary N) is 1. The van der Waals surface area contributed by atoms with Crippen LogP contribution in [0, 0.1) is 5.82 Å². The van der Waals surface area contributed by atoms with Crippen molar-refractivity contribution in [2.24, 2.45) is 0 Å². The molecule has 1 N–H and O–H groups in total. The van der Waals surface area contributed by atoms with Crippen molar-refractivity contribution in [3.8, 4) is 0 Å². The maximum atomic E-state index is 13.4. The molecule has 3 saturated heterocycles. The molecule has 3 fully saturated rings. The molecule has 1 aromatic rings. The number of urea groups is 1. The van der Waals surface area contributed by atoms with Crippen molar-refractivity contribution in [1.82, 2.24) is 20.0 Å². The molecule has 8 heteroatoms. The smallest absolute Gasteiger partial charge is 0.325 e. The van der Waals surface area contributed by atoms with Gasteiger partial charge in [-0.05, 0) is 43.4 Å². The van der Waals surface area contributed by atoms with Crippen molar-refractivity contribution in [1.29, 1.82) is 0 Å². The molecular formula is C21H27FN4O3. The zero-order valence-corrected chi connectivity index (χ0v) is 16.7. The molecule has 0 aromatic heterocycles. The van der Waals surface area contributed by atoms with Gasteiger partial charge in [0.15, 0.2) is 0 Å². The van der Waals surface area contributed by atoms with Gasteiger partial charge in [-0.15, -0.1) is 0 Å². The first-order valence-corrected chi connectivity index (χ1v) is 10.3. The minimum atomic E-state index is -0.859. The second-order valence-corrected chi connectivity index (χ2v) is 8.33. The van der Waals surface area contributed by atoms with Gasteiger partial charge in [-0.2, -0.15) is 0 Å². The standard InChI is InChI=1S/C21H27FN4O3/c1-15(27)25-11-7-21(8-12-25)19(28)26(20(29)23-21)18-5-9-24(10-6-18)14-16-3-2-4-17(22)13-16/h2-4,13,18H,5-12,14H2,1H3,(H,23,29). The van der Waals surface area contributed by atoms with Crippen LogP contribution in [0.1, 0.15) is 38.2 Å². The SMILES string of the molecule is CC(=O)N1CCC2(CC1)NC(=O)N(C1CCN(Cc3cccc(F)c3)CC1)C2=O. The third-order valence-corrected chi connectivity index (χ3v) is 6.47. The highest BCUT2D eigenvalue weighted by Gasteiger charge is 2.54. The molecule has 0 bridgehead atoms. The van der Waals surface area contributed by atoms with Gasteiger partial charge >= 0.3 is 6.03 Å². The average molecular weight is 402 g/mol. The quantitative estimate of drug-likeness (QED) is 0.782. The molecule has 0 aliphatic carbocycles. The number of imide groups is 1. The van der Waals surface area contributed by atoms with E-state index in [1.165, 1.54) is 17.9 Å². The molecule has 7 nitrogen and oxygen atoms in total. The largest absolute Gasteiger partial charge is 0.343 e. The summed E-state index contributed by atoms with van der Waals surface area (Å²) in [5.41, 5.74) is 0.0662. The lowest BCUT2D eigenvalue weighted by atomic mass is 9.87. The average Bonchev–Trinajstić information content (AvgIpc) is 2.92. The van der Waals surface area contributed by atoms with Crippen LogP contribution >= 0.6 is 0 Å². The Morgan fingerprint density at radius 2 is 1.86 bits per heavy atom. The van der Waals surface area contributed by atoms with Crippen LogP contribution in [0.25, 0.3) is 0 Å². The topological polar surface area (TPSA) is 73.0 Å². The molecule has 3 aliphatic rings. The Hall–Kier alpha value is -2.48. The third-order valence-electron chi connectivity index (χ3n) is 6.47. The van der Waals surface area contributed by atoms with Crippen molar-refractivity contribution >= 4 is 17.8 Å². The molecule has 0 saturated carbocycles. The monoisotopic (exact) mass is 402 g/mol. The first-order chi connectivity index (χ1) is 13.9. The van der Waals surface area contributed by atoms with Crippen molar-refractivity contribution < 1.29 is 18.8 Å². The zero-order valence-electron chi connectivity index (χ0n) is 16.7. The third kappa shape index (κ3) is 3.85. The number of amides is 4. The van der Waals surface area contributed by atoms with E-state index in [0.717, 1.165) is 18.7 Å². The molecule has 0 unspecified atom stereocenters. The molecule has 3 aliphatic heterocycles. The molecule has 3 heterocycles. The first-order valence-electron chi connectivity index (χ1n) is 10.3. The van der Waals surface area contributed by atoms with E-state index in [1.54, 1.807) is 17.0 Å². The van der Waals surface area contributed by atoms with Gasteiger partial charge < -0.3 is 10.2 Å². The van der Waals surface area contributed by atoms with Gasteiger partial charge in [0.05, 0.1) is 0 Å². The lowest BCUT2D eigenvalue weighted by molar-refractivity contribution is -0.138. The zero-order chi connectivity index (χ0) is 20.6. The highest BCUT2D eigenvalue weighted by atomic mass is 19.1. The summed E-state index contributed by atoms with van der Waals surface area (Å²) in [5, 5.41) is 2.93. The molecule has 4 rings (SSSR count). The lowest BCUT2D eigenvalue weighted by Crippen LogP contribution is -2.56. The van der Waals surface area contributed by atoms with Crippen molar-refractivity contribution in [2.75, 3.05) is 26.2 Å². The van der Waals surface area contributed by atoms with E-state index in [0.29, 0.717) is 45.3 Å². The Labute approximate surface area is 169 Å². The van der Waals surface area contributed by atoms with E-state index in [4.69, 9.17) is 0 Å². The van der Waals surface area contributed by atoms with Crippen LogP contribution < -0.4 is 5.32 Å². The fourth-order valence-corrected chi connectivity index (χ4v) is 4.74. The van der Waals surface area contributed by atoms with Gasteiger partial charge in [-0.1, -0.05) is 12.1 Å². The number of rotatable bonds is 3. The maximum absolute atomic E-state index is 13.4. The van der Waals surface area contributed by atoms with E-state index in [1.807, 2.05) is 6.07 Å². The van der Waals surface area contributed by atoms with Crippen LogP contribution in [0.3, 0.4) is 0 Å². The molecular weight excluding hydrogens is 375 g/mol. The number of carbonyl (C=O) groups excluding carboxylic acids is 3. The van der Waals surface area contributed by atoms with Crippen LogP contribution in [-0.4, -0.2) is 70.3 Å². The number of hydrogen-bond acceptors (Lipinski definition) is 4. The Kier molecular flexibility index (Phi) is 5.29. The predicted molar refractivity (Wildman–Crippen MR) is 104 cm³/mol. The van der Waals surface area contributed by atoms with Gasteiger partial charge in [-0.3, -0.25) is 19.4 Å². The van der Waals surface area contributed by atoms with E-state index < -0.39 is 5.54 Å². The fraction of sp³-hybridized carbons (Fsp3) is 0.571. The first kappa shape index (κ1) is 19.8. The Morgan fingerprint density at radius 3 is 2.48 bits per heavy atom. The van der Waals surface area contributed by atoms with Crippen LogP contribution in [0.4, 0.5) is 9.18 Å². The summed E-state index contributed by atoms with van der Waals surface area (Å²) < 4.78 is 13.4. The fourth-order valence-electron chi connectivity index (χ4n) is 4.74. The van der Waals surface area contributed by atoms with Crippen LogP contribution in [-0.2, 0) is 16.1 Å². The Morgan fingerprint density at radius 1 is 1.17 bits per heavy atom. The maximum Gasteiger partial charge on any atom is 0.325 e. The number of carbonyl (C=O) groups is 3. The molecule has 0 radical (unpaired) electrons. The molecule has 29 heavy (non-hydrogen) atoms. The van der Waals surface area contributed by atoms with E-state index in [-0.39, 0.29) is 29.7 Å². The minimum absolute atomic E-state index is 0.000789. The lowest BCUT2D eigenvalue weighted by Gasteiger charge is -2.38. The van der Waals surface area contributed by atoms with Crippen LogP contribution in [0.5, 0.6) is 0 Å². The number of piperidine rings is 2. The van der Waals surface area contributed by atoms with Gasteiger partial charge in [0.1, 0.15) is 11.4 Å². The number of likely N-dealkylation sites (tertiary alicyclic amines) is 2. The van der Waals surface area contributed by atoms with Crippen molar-refractivity contribution in [3.05, 3.63) is 35.6 Å².